The van der Waals surface area contributed by atoms with E-state index in [0.717, 1.165) is 11.4 Å². The fourth-order valence-electron chi connectivity index (χ4n) is 9.46. The molecule has 54 heavy (non-hydrogen) atoms. The van der Waals surface area contributed by atoms with Gasteiger partial charge in [0.1, 0.15) is 0 Å². The van der Waals surface area contributed by atoms with Crippen molar-refractivity contribution in [1.82, 2.24) is 0 Å². The van der Waals surface area contributed by atoms with Crippen molar-refractivity contribution < 1.29 is 28.7 Å². The largest absolute Gasteiger partial charge is 0.505 e. The fourth-order valence-corrected chi connectivity index (χ4v) is 9.64. The van der Waals surface area contributed by atoms with E-state index in [0.29, 0.717) is 33.1 Å². The van der Waals surface area contributed by atoms with Gasteiger partial charge in [-0.05, 0) is 96.6 Å². The third-order valence-corrected chi connectivity index (χ3v) is 11.9. The maximum Gasteiger partial charge on any atom is 0.246 e. The molecule has 4 amide bonds. The van der Waals surface area contributed by atoms with Gasteiger partial charge in [-0.3, -0.25) is 24.1 Å². The van der Waals surface area contributed by atoms with Crippen molar-refractivity contribution >= 4 is 58.0 Å². The van der Waals surface area contributed by atoms with Gasteiger partial charge in [-0.1, -0.05) is 83.9 Å². The molecule has 2 saturated heterocycles. The molecule has 2 aliphatic heterocycles. The first-order valence-electron chi connectivity index (χ1n) is 17.9. The molecule has 10 heteroatoms. The number of rotatable bonds is 6. The first kappa shape index (κ1) is 33.8. The average molecular weight is 738 g/mol. The first-order chi connectivity index (χ1) is 26.2. The summed E-state index contributed by atoms with van der Waals surface area (Å²) in [4.78, 5) is 61.3. The number of allylic oxidation sites excluding steroid dienone is 2. The zero-order chi connectivity index (χ0) is 37.3. The van der Waals surface area contributed by atoms with Gasteiger partial charge in [0.15, 0.2) is 11.6 Å². The minimum absolute atomic E-state index is 0.105. The lowest BCUT2D eigenvalue weighted by molar-refractivity contribution is -0.127. The predicted molar refractivity (Wildman–Crippen MR) is 203 cm³/mol. The van der Waals surface area contributed by atoms with Crippen LogP contribution in [-0.2, 0) is 24.6 Å². The fraction of sp³-hybridized carbons (Fsp3) is 0.182. The topological polar surface area (TPSA) is 107 Å². The number of hydrogen-bond acceptors (Lipinski definition) is 6. The Bertz CT molecular complexity index is 2390. The standard InChI is InChI=1S/C44H33ClFN3O5/c45-27-10-7-13-31(23-27)49-41(52)35-24-34-32(39(25-14-21-37(50)36(46)22-25)44(35,43(49)54)26-8-3-1-4-9-26)19-20-33-38(34)42(53)48(40(33)51)30-17-15-29(16-18-30)47-28-11-5-2-6-12-28/h1-19,21-23,33-35,38-39,47,50H,20,24H2/t33-,34+,35-,38-,39-,44+/m0/s1. The van der Waals surface area contributed by atoms with Gasteiger partial charge in [-0.2, -0.15) is 0 Å². The molecule has 5 aromatic carbocycles. The van der Waals surface area contributed by atoms with E-state index in [4.69, 9.17) is 11.6 Å². The maximum atomic E-state index is 15.4. The molecule has 0 bridgehead atoms. The molecule has 1 saturated carbocycles. The number of anilines is 4. The van der Waals surface area contributed by atoms with E-state index in [1.54, 1.807) is 66.7 Å². The molecular formula is C44H33ClFN3O5. The Kier molecular flexibility index (Phi) is 8.01. The summed E-state index contributed by atoms with van der Waals surface area (Å²) >= 11 is 6.38. The van der Waals surface area contributed by atoms with Crippen LogP contribution in [0.2, 0.25) is 5.02 Å². The number of imide groups is 2. The number of carbonyl (C=O) groups is 4. The second kappa shape index (κ2) is 12.8. The zero-order valence-electron chi connectivity index (χ0n) is 28.7. The Morgan fingerprint density at radius 1 is 0.704 bits per heavy atom. The SMILES string of the molecule is O=C1[C@H]2[C@H](CC=C3[C@H]2C[C@H]2C(=O)N(c4cccc(Cl)c4)C(=O)[C@@]2(c2ccccc2)[C@H]3c2ccc(O)c(F)c2)C(=O)N1c1ccc(Nc2ccccc2)cc1. The van der Waals surface area contributed by atoms with Crippen molar-refractivity contribution in [1.29, 1.82) is 0 Å². The van der Waals surface area contributed by atoms with Crippen LogP contribution in [0.5, 0.6) is 5.75 Å². The van der Waals surface area contributed by atoms with Crippen LogP contribution in [-0.4, -0.2) is 28.7 Å². The van der Waals surface area contributed by atoms with Crippen molar-refractivity contribution in [3.63, 3.8) is 0 Å². The Balaban J connectivity index is 1.17. The highest BCUT2D eigenvalue weighted by atomic mass is 35.5. The highest BCUT2D eigenvalue weighted by Crippen LogP contribution is 2.64. The molecule has 268 valence electrons. The Hall–Kier alpha value is -6.06. The number of halogens is 2. The number of phenols is 1. The highest BCUT2D eigenvalue weighted by Gasteiger charge is 2.70. The van der Waals surface area contributed by atoms with E-state index >= 15 is 9.18 Å². The van der Waals surface area contributed by atoms with Crippen LogP contribution in [0.25, 0.3) is 0 Å². The molecule has 2 heterocycles. The number of amides is 4. The second-order valence-electron chi connectivity index (χ2n) is 14.4. The lowest BCUT2D eigenvalue weighted by atomic mass is 9.49. The number of nitrogens with one attached hydrogen (secondary N) is 1. The molecule has 0 spiro atoms. The smallest absolute Gasteiger partial charge is 0.246 e. The molecule has 8 nitrogen and oxygen atoms in total. The maximum absolute atomic E-state index is 15.4. The van der Waals surface area contributed by atoms with Crippen molar-refractivity contribution in [3.05, 3.63) is 161 Å². The van der Waals surface area contributed by atoms with Gasteiger partial charge in [0.25, 0.3) is 0 Å². The number of para-hydroxylation sites is 1. The van der Waals surface area contributed by atoms with Crippen molar-refractivity contribution in [2.75, 3.05) is 15.1 Å². The summed E-state index contributed by atoms with van der Waals surface area (Å²) in [5.41, 5.74) is 2.50. The van der Waals surface area contributed by atoms with Gasteiger partial charge in [-0.15, -0.1) is 0 Å². The number of phenolic OH excluding ortho intramolecular Hbond substituents is 1. The van der Waals surface area contributed by atoms with E-state index in [9.17, 15) is 19.5 Å². The van der Waals surface area contributed by atoms with Crippen LogP contribution in [0.15, 0.2) is 139 Å². The summed E-state index contributed by atoms with van der Waals surface area (Å²) < 4.78 is 15.4. The molecule has 4 aliphatic rings. The summed E-state index contributed by atoms with van der Waals surface area (Å²) in [7, 11) is 0. The molecule has 0 aromatic heterocycles. The lowest BCUT2D eigenvalue weighted by Gasteiger charge is -2.50. The van der Waals surface area contributed by atoms with Crippen LogP contribution >= 0.6 is 11.6 Å². The average Bonchev–Trinajstić information content (AvgIpc) is 3.57. The normalized spacial score (nSPS) is 26.0. The third kappa shape index (κ3) is 5.02. The number of nitrogens with zero attached hydrogens (tertiary/aromatic N) is 2. The molecule has 9 rings (SSSR count). The highest BCUT2D eigenvalue weighted by molar-refractivity contribution is 6.32. The molecule has 0 radical (unpaired) electrons. The first-order valence-corrected chi connectivity index (χ1v) is 18.2. The Morgan fingerprint density at radius 3 is 2.11 bits per heavy atom. The Labute approximate surface area is 315 Å². The minimum atomic E-state index is -1.55. The minimum Gasteiger partial charge on any atom is -0.505 e. The summed E-state index contributed by atoms with van der Waals surface area (Å²) in [6, 6.07) is 36.3. The number of aromatic hydroxyl groups is 1. The Morgan fingerprint density at radius 2 is 1.41 bits per heavy atom. The molecule has 6 atom stereocenters. The van der Waals surface area contributed by atoms with Gasteiger partial charge in [0.2, 0.25) is 23.6 Å². The van der Waals surface area contributed by atoms with Crippen LogP contribution in [0.3, 0.4) is 0 Å². The number of fused-ring (bicyclic) bond motifs is 4. The molecule has 5 aromatic rings. The van der Waals surface area contributed by atoms with Crippen molar-refractivity contribution in [2.45, 2.75) is 24.2 Å². The predicted octanol–water partition coefficient (Wildman–Crippen LogP) is 8.30. The summed E-state index contributed by atoms with van der Waals surface area (Å²) in [6.07, 6.45) is 2.24. The molecular weight excluding hydrogens is 705 g/mol. The van der Waals surface area contributed by atoms with E-state index in [-0.39, 0.29) is 24.7 Å². The number of hydrogen-bond donors (Lipinski definition) is 2. The van der Waals surface area contributed by atoms with E-state index < -0.39 is 58.4 Å². The van der Waals surface area contributed by atoms with Gasteiger partial charge in [0, 0.05) is 22.3 Å². The van der Waals surface area contributed by atoms with Crippen LogP contribution in [0, 0.1) is 29.5 Å². The molecule has 3 fully saturated rings. The third-order valence-electron chi connectivity index (χ3n) is 11.7. The number of benzene rings is 5. The van der Waals surface area contributed by atoms with Crippen LogP contribution in [0.4, 0.5) is 27.1 Å². The van der Waals surface area contributed by atoms with Gasteiger partial charge in [0.05, 0.1) is 34.5 Å². The summed E-state index contributed by atoms with van der Waals surface area (Å²) in [6.45, 7) is 0. The van der Waals surface area contributed by atoms with Gasteiger partial charge < -0.3 is 10.4 Å². The second-order valence-corrected chi connectivity index (χ2v) is 14.8. The zero-order valence-corrected chi connectivity index (χ0v) is 29.5. The van der Waals surface area contributed by atoms with Gasteiger partial charge in [-0.25, -0.2) is 9.29 Å². The van der Waals surface area contributed by atoms with Crippen molar-refractivity contribution in [2.24, 2.45) is 23.7 Å². The van der Waals surface area contributed by atoms with Crippen molar-refractivity contribution in [3.8, 4) is 5.75 Å². The molecule has 2 N–H and O–H groups in total. The van der Waals surface area contributed by atoms with E-state index in [2.05, 4.69) is 5.32 Å². The van der Waals surface area contributed by atoms with E-state index in [1.165, 1.54) is 21.9 Å². The quantitative estimate of drug-likeness (QED) is 0.134. The molecule has 2 aliphatic carbocycles. The monoisotopic (exact) mass is 737 g/mol. The summed E-state index contributed by atoms with van der Waals surface area (Å²) in [5, 5.41) is 13.9. The van der Waals surface area contributed by atoms with Gasteiger partial charge >= 0.3 is 0 Å². The number of carbonyl (C=O) groups excluding carboxylic acids is 4. The molecule has 0 unspecified atom stereocenters. The summed E-state index contributed by atoms with van der Waals surface area (Å²) in [5.74, 6) is -7.14. The van der Waals surface area contributed by atoms with Crippen LogP contribution in [0.1, 0.15) is 29.9 Å². The lowest BCUT2D eigenvalue weighted by Crippen LogP contribution is -2.53. The van der Waals surface area contributed by atoms with E-state index in [1.807, 2.05) is 54.6 Å². The van der Waals surface area contributed by atoms with Crippen LogP contribution < -0.4 is 15.1 Å².